The molecule has 114 valence electrons. The van der Waals surface area contributed by atoms with Gasteiger partial charge < -0.3 is 4.74 Å². The molecule has 0 bridgehead atoms. The molecule has 2 aromatic rings. The number of esters is 1. The molecule has 0 radical (unpaired) electrons. The molecule has 0 spiro atoms. The van der Waals surface area contributed by atoms with E-state index in [2.05, 4.69) is 11.2 Å². The summed E-state index contributed by atoms with van der Waals surface area (Å²) in [6.07, 6.45) is 5.23. The maximum atomic E-state index is 13.1. The maximum Gasteiger partial charge on any atom is 0.358 e. The zero-order chi connectivity index (χ0) is 15.5. The number of aromatic nitrogens is 2. The molecule has 5 heteroatoms. The van der Waals surface area contributed by atoms with Gasteiger partial charge in [-0.15, -0.1) is 0 Å². The van der Waals surface area contributed by atoms with Gasteiger partial charge in [0.1, 0.15) is 5.82 Å². The van der Waals surface area contributed by atoms with Gasteiger partial charge in [-0.2, -0.15) is 5.10 Å². The summed E-state index contributed by atoms with van der Waals surface area (Å²) in [5, 5.41) is 4.35. The number of hydrogen-bond donors (Lipinski definition) is 0. The highest BCUT2D eigenvalue weighted by Gasteiger charge is 2.20. The van der Waals surface area contributed by atoms with Crippen molar-refractivity contribution in [2.75, 3.05) is 6.61 Å². The van der Waals surface area contributed by atoms with Crippen molar-refractivity contribution in [3.63, 3.8) is 0 Å². The summed E-state index contributed by atoms with van der Waals surface area (Å²) < 4.78 is 19.8. The quantitative estimate of drug-likeness (QED) is 0.808. The number of nitrogens with zero attached hydrogens (tertiary/aromatic N) is 2. The molecule has 0 N–H and O–H groups in total. The van der Waals surface area contributed by atoms with Crippen LogP contribution in [0.3, 0.4) is 0 Å². The summed E-state index contributed by atoms with van der Waals surface area (Å²) in [4.78, 5) is 11.9. The van der Waals surface area contributed by atoms with Crippen LogP contribution in [-0.2, 0) is 4.74 Å². The Bertz CT molecular complexity index is 717. The van der Waals surface area contributed by atoms with E-state index < -0.39 is 5.97 Å². The van der Waals surface area contributed by atoms with E-state index in [1.165, 1.54) is 12.1 Å². The minimum atomic E-state index is -0.441. The van der Waals surface area contributed by atoms with Gasteiger partial charge in [0.15, 0.2) is 5.69 Å². The largest absolute Gasteiger partial charge is 0.461 e. The monoisotopic (exact) mass is 300 g/mol. The van der Waals surface area contributed by atoms with E-state index in [-0.39, 0.29) is 11.5 Å². The Balaban J connectivity index is 2.06. The van der Waals surface area contributed by atoms with E-state index in [0.29, 0.717) is 6.61 Å². The van der Waals surface area contributed by atoms with Crippen LogP contribution in [-0.4, -0.2) is 22.4 Å². The Kier molecular flexibility index (Phi) is 4.04. The van der Waals surface area contributed by atoms with Crippen molar-refractivity contribution >= 4 is 11.5 Å². The Hall–Kier alpha value is -2.43. The molecule has 1 aromatic carbocycles. The van der Waals surface area contributed by atoms with Crippen molar-refractivity contribution in [1.82, 2.24) is 9.78 Å². The van der Waals surface area contributed by atoms with Crippen LogP contribution in [0.1, 0.15) is 42.4 Å². The molecule has 0 saturated heterocycles. The predicted molar refractivity (Wildman–Crippen MR) is 81.3 cm³/mol. The molecular formula is C17H17FN2O2. The van der Waals surface area contributed by atoms with Gasteiger partial charge in [-0.1, -0.05) is 6.08 Å². The van der Waals surface area contributed by atoms with Gasteiger partial charge in [-0.25, -0.2) is 13.9 Å². The SMILES string of the molecule is CCOC(=O)c1cc(C2=CCCC2)n(-c2ccc(F)cc2)n1. The van der Waals surface area contributed by atoms with Crippen molar-refractivity contribution in [1.29, 1.82) is 0 Å². The minimum Gasteiger partial charge on any atom is -0.461 e. The normalized spacial score (nSPS) is 14.0. The van der Waals surface area contributed by atoms with Crippen LogP contribution in [0.2, 0.25) is 0 Å². The fourth-order valence-corrected chi connectivity index (χ4v) is 2.60. The summed E-state index contributed by atoms with van der Waals surface area (Å²) in [5.41, 5.74) is 3.02. The van der Waals surface area contributed by atoms with E-state index in [9.17, 15) is 9.18 Å². The first-order valence-corrected chi connectivity index (χ1v) is 7.41. The number of ether oxygens (including phenoxy) is 1. The molecule has 1 aromatic heterocycles. The second kappa shape index (κ2) is 6.13. The van der Waals surface area contributed by atoms with Crippen molar-refractivity contribution in [3.05, 3.63) is 53.6 Å². The number of allylic oxidation sites excluding steroid dienone is 2. The lowest BCUT2D eigenvalue weighted by molar-refractivity contribution is 0.0519. The Labute approximate surface area is 128 Å². The highest BCUT2D eigenvalue weighted by molar-refractivity contribution is 5.88. The van der Waals surface area contributed by atoms with Crippen LogP contribution in [0.4, 0.5) is 4.39 Å². The van der Waals surface area contributed by atoms with Crippen molar-refractivity contribution in [3.8, 4) is 5.69 Å². The molecule has 3 rings (SSSR count). The summed E-state index contributed by atoms with van der Waals surface area (Å²) in [6, 6.07) is 7.81. The molecule has 1 aliphatic rings. The summed E-state index contributed by atoms with van der Waals surface area (Å²) in [7, 11) is 0. The fourth-order valence-electron chi connectivity index (χ4n) is 2.60. The van der Waals surface area contributed by atoms with Gasteiger partial charge in [-0.05, 0) is 62.1 Å². The average Bonchev–Trinajstić information content (AvgIpc) is 3.17. The Morgan fingerprint density at radius 1 is 1.36 bits per heavy atom. The van der Waals surface area contributed by atoms with Crippen LogP contribution in [0.15, 0.2) is 36.4 Å². The fraction of sp³-hybridized carbons (Fsp3) is 0.294. The molecule has 0 amide bonds. The molecule has 1 aliphatic carbocycles. The maximum absolute atomic E-state index is 13.1. The lowest BCUT2D eigenvalue weighted by Crippen LogP contribution is -2.07. The van der Waals surface area contributed by atoms with Gasteiger partial charge in [0.05, 0.1) is 18.0 Å². The van der Waals surface area contributed by atoms with Crippen LogP contribution >= 0.6 is 0 Å². The first-order valence-electron chi connectivity index (χ1n) is 7.41. The molecule has 1 heterocycles. The van der Waals surface area contributed by atoms with E-state index in [4.69, 9.17) is 4.74 Å². The third-order valence-corrected chi connectivity index (χ3v) is 3.64. The lowest BCUT2D eigenvalue weighted by atomic mass is 10.1. The zero-order valence-corrected chi connectivity index (χ0v) is 12.4. The standard InChI is InChI=1S/C17H17FN2O2/c1-2-22-17(21)15-11-16(12-5-3-4-6-12)20(19-15)14-9-7-13(18)8-10-14/h5,7-11H,2-4,6H2,1H3. The van der Waals surface area contributed by atoms with Crippen molar-refractivity contribution in [2.45, 2.75) is 26.2 Å². The van der Waals surface area contributed by atoms with E-state index in [1.54, 1.807) is 29.8 Å². The summed E-state index contributed by atoms with van der Waals surface area (Å²) >= 11 is 0. The average molecular weight is 300 g/mol. The van der Waals surface area contributed by atoms with Crippen molar-refractivity contribution < 1.29 is 13.9 Å². The van der Waals surface area contributed by atoms with E-state index in [0.717, 1.165) is 36.2 Å². The predicted octanol–water partition coefficient (Wildman–Crippen LogP) is 3.76. The van der Waals surface area contributed by atoms with Gasteiger partial charge in [0, 0.05) is 0 Å². The molecule has 4 nitrogen and oxygen atoms in total. The van der Waals surface area contributed by atoms with E-state index >= 15 is 0 Å². The first-order chi connectivity index (χ1) is 10.7. The number of hydrogen-bond acceptors (Lipinski definition) is 3. The zero-order valence-electron chi connectivity index (χ0n) is 12.4. The molecule has 22 heavy (non-hydrogen) atoms. The van der Waals surface area contributed by atoms with Crippen LogP contribution in [0, 0.1) is 5.82 Å². The smallest absolute Gasteiger partial charge is 0.358 e. The van der Waals surface area contributed by atoms with E-state index in [1.807, 2.05) is 0 Å². The van der Waals surface area contributed by atoms with Gasteiger partial charge in [0.2, 0.25) is 0 Å². The minimum absolute atomic E-state index is 0.272. The highest BCUT2D eigenvalue weighted by Crippen LogP contribution is 2.30. The van der Waals surface area contributed by atoms with Gasteiger partial charge >= 0.3 is 5.97 Å². The summed E-state index contributed by atoms with van der Waals surface area (Å²) in [6.45, 7) is 2.07. The number of carbonyl (C=O) groups is 1. The van der Waals surface area contributed by atoms with Crippen LogP contribution < -0.4 is 0 Å². The number of halogens is 1. The van der Waals surface area contributed by atoms with Crippen molar-refractivity contribution in [2.24, 2.45) is 0 Å². The van der Waals surface area contributed by atoms with Crippen LogP contribution in [0.25, 0.3) is 11.3 Å². The molecule has 0 fully saturated rings. The number of rotatable bonds is 4. The molecule has 0 atom stereocenters. The number of benzene rings is 1. The second-order valence-corrected chi connectivity index (χ2v) is 5.15. The Morgan fingerprint density at radius 2 is 2.14 bits per heavy atom. The number of carbonyl (C=O) groups excluding carboxylic acids is 1. The molecule has 0 unspecified atom stereocenters. The highest BCUT2D eigenvalue weighted by atomic mass is 19.1. The lowest BCUT2D eigenvalue weighted by Gasteiger charge is -2.08. The molecule has 0 saturated carbocycles. The molecule has 0 aliphatic heterocycles. The Morgan fingerprint density at radius 3 is 2.77 bits per heavy atom. The first kappa shape index (κ1) is 14.5. The molecular weight excluding hydrogens is 283 g/mol. The third kappa shape index (κ3) is 2.79. The van der Waals surface area contributed by atoms with Gasteiger partial charge in [0.25, 0.3) is 0 Å². The topological polar surface area (TPSA) is 44.1 Å². The third-order valence-electron chi connectivity index (χ3n) is 3.64. The second-order valence-electron chi connectivity index (χ2n) is 5.15. The van der Waals surface area contributed by atoms with Crippen LogP contribution in [0.5, 0.6) is 0 Å². The van der Waals surface area contributed by atoms with Gasteiger partial charge in [-0.3, -0.25) is 0 Å². The summed E-state index contributed by atoms with van der Waals surface area (Å²) in [5.74, 6) is -0.744.